The Kier molecular flexibility index (Phi) is 5.38. The Labute approximate surface area is 170 Å². The van der Waals surface area contributed by atoms with Crippen molar-refractivity contribution in [2.75, 3.05) is 13.7 Å². The van der Waals surface area contributed by atoms with Crippen LogP contribution in [0.3, 0.4) is 0 Å². The van der Waals surface area contributed by atoms with Crippen molar-refractivity contribution in [3.05, 3.63) is 82.4 Å². The predicted molar refractivity (Wildman–Crippen MR) is 110 cm³/mol. The Morgan fingerprint density at radius 3 is 2.45 bits per heavy atom. The lowest BCUT2D eigenvalue weighted by Gasteiger charge is -2.35. The number of hydrogen-bond donors (Lipinski definition) is 1. The Morgan fingerprint density at radius 2 is 1.79 bits per heavy atom. The number of allylic oxidation sites excluding steroid dienone is 1. The lowest BCUT2D eigenvalue weighted by atomic mass is 9.90. The molecule has 5 heteroatoms. The Balaban J connectivity index is 1.52. The average molecular weight is 391 g/mol. The van der Waals surface area contributed by atoms with Crippen LogP contribution in [0.5, 0.6) is 0 Å². The van der Waals surface area contributed by atoms with Crippen LogP contribution in [0.2, 0.25) is 0 Å². The van der Waals surface area contributed by atoms with Crippen LogP contribution < -0.4 is 0 Å². The van der Waals surface area contributed by atoms with Crippen LogP contribution in [0.25, 0.3) is 0 Å². The zero-order valence-electron chi connectivity index (χ0n) is 16.5. The molecule has 150 valence electrons. The summed E-state index contributed by atoms with van der Waals surface area (Å²) in [5.74, 6) is 0.200. The highest BCUT2D eigenvalue weighted by atomic mass is 16.5. The third-order valence-corrected chi connectivity index (χ3v) is 6.01. The Hall–Kier alpha value is -3.08. The Morgan fingerprint density at radius 1 is 1.07 bits per heavy atom. The molecule has 2 aliphatic rings. The quantitative estimate of drug-likeness (QED) is 0.598. The second-order valence-corrected chi connectivity index (χ2v) is 7.78. The SMILES string of the molecule is COC(=O)c1ccc(C2CC(=C3CC3Cc3ccccc3)CCN2C(=O)O)cc1. The van der Waals surface area contributed by atoms with Gasteiger partial charge in [-0.2, -0.15) is 0 Å². The monoisotopic (exact) mass is 391 g/mol. The summed E-state index contributed by atoms with van der Waals surface area (Å²) in [5.41, 5.74) is 5.65. The molecular weight excluding hydrogens is 366 g/mol. The zero-order chi connectivity index (χ0) is 20.4. The van der Waals surface area contributed by atoms with Crippen molar-refractivity contribution < 1.29 is 19.4 Å². The molecule has 2 atom stereocenters. The van der Waals surface area contributed by atoms with Crippen molar-refractivity contribution in [2.24, 2.45) is 5.92 Å². The molecule has 0 aromatic heterocycles. The summed E-state index contributed by atoms with van der Waals surface area (Å²) in [4.78, 5) is 25.0. The number of nitrogens with zero attached hydrogens (tertiary/aromatic N) is 1. The van der Waals surface area contributed by atoms with Gasteiger partial charge in [-0.25, -0.2) is 9.59 Å². The number of likely N-dealkylation sites (tertiary alicyclic amines) is 1. The fraction of sp³-hybridized carbons (Fsp3) is 0.333. The number of benzene rings is 2. The topological polar surface area (TPSA) is 66.8 Å². The largest absolute Gasteiger partial charge is 0.465 e. The molecule has 2 fully saturated rings. The molecular formula is C24H25NO4. The van der Waals surface area contributed by atoms with Crippen LogP contribution in [-0.4, -0.2) is 35.7 Å². The van der Waals surface area contributed by atoms with E-state index < -0.39 is 6.09 Å². The molecule has 0 bridgehead atoms. The van der Waals surface area contributed by atoms with Crippen LogP contribution in [0.15, 0.2) is 65.7 Å². The minimum Gasteiger partial charge on any atom is -0.465 e. The Bertz CT molecular complexity index is 933. The lowest BCUT2D eigenvalue weighted by Crippen LogP contribution is -2.38. The molecule has 1 aliphatic carbocycles. The van der Waals surface area contributed by atoms with E-state index >= 15 is 0 Å². The van der Waals surface area contributed by atoms with E-state index in [-0.39, 0.29) is 12.0 Å². The molecule has 2 aromatic rings. The maximum absolute atomic E-state index is 11.8. The number of carbonyl (C=O) groups excluding carboxylic acids is 1. The van der Waals surface area contributed by atoms with Crippen molar-refractivity contribution in [2.45, 2.75) is 31.7 Å². The number of piperidine rings is 1. The number of rotatable bonds is 4. The van der Waals surface area contributed by atoms with Crippen LogP contribution in [0.1, 0.15) is 46.8 Å². The smallest absolute Gasteiger partial charge is 0.407 e. The van der Waals surface area contributed by atoms with Gasteiger partial charge in [-0.1, -0.05) is 53.6 Å². The first-order valence-corrected chi connectivity index (χ1v) is 9.99. The van der Waals surface area contributed by atoms with Gasteiger partial charge in [0.05, 0.1) is 18.7 Å². The van der Waals surface area contributed by atoms with E-state index in [4.69, 9.17) is 4.74 Å². The van der Waals surface area contributed by atoms with E-state index in [0.29, 0.717) is 18.0 Å². The average Bonchev–Trinajstić information content (AvgIpc) is 3.52. The highest BCUT2D eigenvalue weighted by molar-refractivity contribution is 5.89. The summed E-state index contributed by atoms with van der Waals surface area (Å²) < 4.78 is 4.75. The molecule has 1 amide bonds. The molecule has 29 heavy (non-hydrogen) atoms. The van der Waals surface area contributed by atoms with Gasteiger partial charge in [0, 0.05) is 6.54 Å². The molecule has 1 aliphatic heterocycles. The van der Waals surface area contributed by atoms with Gasteiger partial charge < -0.3 is 14.7 Å². The number of ether oxygens (including phenoxy) is 1. The van der Waals surface area contributed by atoms with Crippen LogP contribution >= 0.6 is 0 Å². The van der Waals surface area contributed by atoms with Gasteiger partial charge in [-0.3, -0.25) is 0 Å². The highest BCUT2D eigenvalue weighted by Crippen LogP contribution is 2.47. The van der Waals surface area contributed by atoms with Crippen LogP contribution in [0, 0.1) is 5.92 Å². The summed E-state index contributed by atoms with van der Waals surface area (Å²) in [5, 5.41) is 9.67. The predicted octanol–water partition coefficient (Wildman–Crippen LogP) is 4.85. The molecule has 1 N–H and O–H groups in total. The first-order valence-electron chi connectivity index (χ1n) is 9.99. The van der Waals surface area contributed by atoms with E-state index in [0.717, 1.165) is 31.2 Å². The molecule has 0 radical (unpaired) electrons. The summed E-state index contributed by atoms with van der Waals surface area (Å²) in [6.45, 7) is 0.510. The van der Waals surface area contributed by atoms with E-state index in [1.807, 2.05) is 18.2 Å². The van der Waals surface area contributed by atoms with Gasteiger partial charge in [0.25, 0.3) is 0 Å². The molecule has 1 saturated carbocycles. The van der Waals surface area contributed by atoms with E-state index in [1.54, 1.807) is 12.1 Å². The van der Waals surface area contributed by atoms with Gasteiger partial charge >= 0.3 is 12.1 Å². The van der Waals surface area contributed by atoms with Crippen molar-refractivity contribution in [1.82, 2.24) is 4.90 Å². The van der Waals surface area contributed by atoms with E-state index in [1.165, 1.54) is 28.7 Å². The molecule has 4 rings (SSSR count). The molecule has 0 spiro atoms. The molecule has 2 aromatic carbocycles. The fourth-order valence-electron chi connectivity index (χ4n) is 4.37. The highest BCUT2D eigenvalue weighted by Gasteiger charge is 2.37. The lowest BCUT2D eigenvalue weighted by molar-refractivity contribution is 0.0600. The van der Waals surface area contributed by atoms with Crippen LogP contribution in [0.4, 0.5) is 4.79 Å². The molecule has 5 nitrogen and oxygen atoms in total. The number of carbonyl (C=O) groups is 2. The zero-order valence-corrected chi connectivity index (χ0v) is 16.5. The van der Waals surface area contributed by atoms with Gasteiger partial charge in [0.15, 0.2) is 0 Å². The normalized spacial score (nSPS) is 23.6. The van der Waals surface area contributed by atoms with Gasteiger partial charge in [-0.15, -0.1) is 0 Å². The van der Waals surface area contributed by atoms with E-state index in [9.17, 15) is 14.7 Å². The minimum absolute atomic E-state index is 0.214. The summed E-state index contributed by atoms with van der Waals surface area (Å²) in [6, 6.07) is 17.4. The second kappa shape index (κ2) is 8.11. The number of esters is 1. The summed E-state index contributed by atoms with van der Waals surface area (Å²) >= 11 is 0. The van der Waals surface area contributed by atoms with Crippen LogP contribution in [-0.2, 0) is 11.2 Å². The maximum Gasteiger partial charge on any atom is 0.407 e. The minimum atomic E-state index is -0.896. The van der Waals surface area contributed by atoms with E-state index in [2.05, 4.69) is 24.3 Å². The molecule has 2 unspecified atom stereocenters. The number of carboxylic acid groups (broad SMARTS) is 1. The standard InChI is InChI=1S/C24H25NO4/c1-29-23(26)18-9-7-17(8-10-18)22-15-19(11-12-25(22)24(27)28)21-14-20(21)13-16-5-3-2-4-6-16/h2-10,20,22H,11-15H2,1H3,(H,27,28). The number of amides is 1. The first kappa shape index (κ1) is 19.2. The van der Waals surface area contributed by atoms with Crippen molar-refractivity contribution in [3.8, 4) is 0 Å². The van der Waals surface area contributed by atoms with Crippen molar-refractivity contribution in [3.63, 3.8) is 0 Å². The second-order valence-electron chi connectivity index (χ2n) is 7.78. The van der Waals surface area contributed by atoms with Crippen molar-refractivity contribution >= 4 is 12.1 Å². The third-order valence-electron chi connectivity index (χ3n) is 6.01. The fourth-order valence-corrected chi connectivity index (χ4v) is 4.37. The molecule has 1 saturated heterocycles. The maximum atomic E-state index is 11.8. The van der Waals surface area contributed by atoms with Gasteiger partial charge in [0.2, 0.25) is 0 Å². The number of methoxy groups -OCH3 is 1. The summed E-state index contributed by atoms with van der Waals surface area (Å²) in [7, 11) is 1.35. The molecule has 1 heterocycles. The summed E-state index contributed by atoms with van der Waals surface area (Å²) in [6.07, 6.45) is 2.81. The van der Waals surface area contributed by atoms with Gasteiger partial charge in [0.1, 0.15) is 0 Å². The van der Waals surface area contributed by atoms with Crippen molar-refractivity contribution in [1.29, 1.82) is 0 Å². The third kappa shape index (κ3) is 4.19. The van der Waals surface area contributed by atoms with Gasteiger partial charge in [-0.05, 0) is 54.9 Å². The number of hydrogen-bond acceptors (Lipinski definition) is 3. The first-order chi connectivity index (χ1) is 14.1.